The highest BCUT2D eigenvalue weighted by Gasteiger charge is 2.25. The van der Waals surface area contributed by atoms with E-state index in [4.69, 9.17) is 4.52 Å². The third-order valence-corrected chi connectivity index (χ3v) is 5.49. The predicted octanol–water partition coefficient (Wildman–Crippen LogP) is 2.52. The Balaban J connectivity index is 1.50. The lowest BCUT2D eigenvalue weighted by atomic mass is 10.0. The first-order valence-electron chi connectivity index (χ1n) is 10.3. The molecule has 1 saturated heterocycles. The van der Waals surface area contributed by atoms with Gasteiger partial charge in [0.05, 0.1) is 12.7 Å². The Morgan fingerprint density at radius 1 is 1.29 bits per heavy atom. The molecule has 3 aromatic rings. The van der Waals surface area contributed by atoms with Crippen LogP contribution in [0.25, 0.3) is 0 Å². The van der Waals surface area contributed by atoms with Crippen molar-refractivity contribution in [1.82, 2.24) is 20.3 Å². The molecule has 162 valence electrons. The zero-order valence-electron chi connectivity index (χ0n) is 17.3. The first kappa shape index (κ1) is 20.8. The lowest BCUT2D eigenvalue weighted by Crippen LogP contribution is -2.47. The van der Waals surface area contributed by atoms with Crippen molar-refractivity contribution in [3.05, 3.63) is 75.7 Å². The molecule has 3 heterocycles. The van der Waals surface area contributed by atoms with Gasteiger partial charge in [-0.3, -0.25) is 9.59 Å². The zero-order chi connectivity index (χ0) is 21.8. The van der Waals surface area contributed by atoms with Crippen LogP contribution in [0.15, 0.2) is 51.9 Å². The van der Waals surface area contributed by atoms with Gasteiger partial charge in [-0.05, 0) is 49.9 Å². The van der Waals surface area contributed by atoms with E-state index in [9.17, 15) is 14.0 Å². The van der Waals surface area contributed by atoms with E-state index in [0.29, 0.717) is 29.2 Å². The van der Waals surface area contributed by atoms with Gasteiger partial charge in [-0.15, -0.1) is 0 Å². The van der Waals surface area contributed by atoms with Crippen molar-refractivity contribution in [2.75, 3.05) is 18.0 Å². The number of nitrogens with zero attached hydrogens (tertiary/aromatic N) is 4. The fourth-order valence-corrected chi connectivity index (χ4v) is 3.85. The quantitative estimate of drug-likeness (QED) is 0.652. The number of hydrogen-bond donors (Lipinski definition) is 1. The summed E-state index contributed by atoms with van der Waals surface area (Å²) in [5, 5.41) is 11.1. The van der Waals surface area contributed by atoms with Crippen molar-refractivity contribution in [3.63, 3.8) is 0 Å². The summed E-state index contributed by atoms with van der Waals surface area (Å²) >= 11 is 0. The Hall–Kier alpha value is -3.49. The molecule has 4 rings (SSSR count). The van der Waals surface area contributed by atoms with Crippen LogP contribution in [-0.2, 0) is 6.54 Å². The maximum atomic E-state index is 13.5. The zero-order valence-corrected chi connectivity index (χ0v) is 17.3. The molecule has 9 heteroatoms. The number of carbonyl (C=O) groups excluding carboxylic acids is 1. The molecule has 2 aromatic heterocycles. The Morgan fingerprint density at radius 3 is 2.94 bits per heavy atom. The molecule has 1 amide bonds. The van der Waals surface area contributed by atoms with Crippen molar-refractivity contribution in [2.45, 2.75) is 38.8 Å². The summed E-state index contributed by atoms with van der Waals surface area (Å²) in [5.74, 6) is 0.560. The molecule has 0 radical (unpaired) electrons. The molecule has 1 atom stereocenters. The number of carbonyl (C=O) groups is 1. The molecule has 8 nitrogen and oxygen atoms in total. The van der Waals surface area contributed by atoms with Crippen LogP contribution in [0.3, 0.4) is 0 Å². The summed E-state index contributed by atoms with van der Waals surface area (Å²) in [5.41, 5.74) is 0.834. The molecule has 0 aliphatic carbocycles. The molecular weight excluding hydrogens is 401 g/mol. The smallest absolute Gasteiger partial charge is 0.267 e. The minimum Gasteiger partial charge on any atom is -0.361 e. The molecular formula is C22H24FN5O3. The van der Waals surface area contributed by atoms with E-state index in [1.54, 1.807) is 25.1 Å². The fraction of sp³-hybridized carbons (Fsp3) is 0.364. The SMILES string of the molecule is Cc1oncc1C(=O)NCC1CCCCN1c1ccc(=O)n(Cc2cccc(F)c2)n1. The van der Waals surface area contributed by atoms with E-state index in [0.717, 1.165) is 25.8 Å². The first-order valence-corrected chi connectivity index (χ1v) is 10.3. The third-order valence-electron chi connectivity index (χ3n) is 5.49. The van der Waals surface area contributed by atoms with Gasteiger partial charge < -0.3 is 14.7 Å². The lowest BCUT2D eigenvalue weighted by molar-refractivity contribution is 0.0948. The summed E-state index contributed by atoms with van der Waals surface area (Å²) < 4.78 is 19.8. The lowest BCUT2D eigenvalue weighted by Gasteiger charge is -2.36. The second kappa shape index (κ2) is 9.11. The molecule has 31 heavy (non-hydrogen) atoms. The number of nitrogens with one attached hydrogen (secondary N) is 1. The van der Waals surface area contributed by atoms with Crippen molar-refractivity contribution in [1.29, 1.82) is 0 Å². The van der Waals surface area contributed by atoms with Crippen LogP contribution in [0.2, 0.25) is 0 Å². The molecule has 1 unspecified atom stereocenters. The number of benzene rings is 1. The van der Waals surface area contributed by atoms with Crippen LogP contribution in [0.1, 0.15) is 40.9 Å². The van der Waals surface area contributed by atoms with Crippen molar-refractivity contribution >= 4 is 11.7 Å². The second-order valence-corrected chi connectivity index (χ2v) is 7.67. The van der Waals surface area contributed by atoms with Gasteiger partial charge >= 0.3 is 0 Å². The van der Waals surface area contributed by atoms with Crippen molar-refractivity contribution in [2.24, 2.45) is 0 Å². The van der Waals surface area contributed by atoms with E-state index >= 15 is 0 Å². The fourth-order valence-electron chi connectivity index (χ4n) is 3.85. The van der Waals surface area contributed by atoms with Gasteiger partial charge in [-0.25, -0.2) is 9.07 Å². The van der Waals surface area contributed by atoms with Gasteiger partial charge in [-0.1, -0.05) is 17.3 Å². The molecule has 0 spiro atoms. The maximum absolute atomic E-state index is 13.5. The molecule has 1 N–H and O–H groups in total. The van der Waals surface area contributed by atoms with Crippen LogP contribution in [0.5, 0.6) is 0 Å². The van der Waals surface area contributed by atoms with Crippen LogP contribution in [0, 0.1) is 12.7 Å². The van der Waals surface area contributed by atoms with Gasteiger partial charge in [0.1, 0.15) is 23.0 Å². The highest BCUT2D eigenvalue weighted by atomic mass is 19.1. The van der Waals surface area contributed by atoms with Gasteiger partial charge in [0.15, 0.2) is 0 Å². The highest BCUT2D eigenvalue weighted by Crippen LogP contribution is 2.22. The topological polar surface area (TPSA) is 93.3 Å². The number of halogens is 1. The Kier molecular flexibility index (Phi) is 6.11. The van der Waals surface area contributed by atoms with Crippen LogP contribution >= 0.6 is 0 Å². The first-order chi connectivity index (χ1) is 15.0. The van der Waals surface area contributed by atoms with Gasteiger partial charge in [0.25, 0.3) is 11.5 Å². The molecule has 1 aliphatic rings. The third kappa shape index (κ3) is 4.82. The van der Waals surface area contributed by atoms with Gasteiger partial charge in [0, 0.05) is 25.2 Å². The molecule has 1 aromatic carbocycles. The van der Waals surface area contributed by atoms with Crippen LogP contribution in [0.4, 0.5) is 10.2 Å². The number of hydrogen-bond acceptors (Lipinski definition) is 6. The van der Waals surface area contributed by atoms with Gasteiger partial charge in [0.2, 0.25) is 0 Å². The van der Waals surface area contributed by atoms with E-state index in [-0.39, 0.29) is 29.9 Å². The highest BCUT2D eigenvalue weighted by molar-refractivity contribution is 5.94. The number of anilines is 1. The minimum absolute atomic E-state index is 0.0467. The standard InChI is InChI=1S/C22H24FN5O3/c1-15-19(13-25-31-15)22(30)24-12-18-7-2-3-10-27(18)20-8-9-21(29)28(26-20)14-16-5-4-6-17(23)11-16/h4-6,8-9,11,13,18H,2-3,7,10,12,14H2,1H3,(H,24,30). The van der Waals surface area contributed by atoms with E-state index in [2.05, 4.69) is 20.5 Å². The summed E-state index contributed by atoms with van der Waals surface area (Å²) in [6.07, 6.45) is 4.35. The average Bonchev–Trinajstić information content (AvgIpc) is 3.20. The summed E-state index contributed by atoms with van der Waals surface area (Å²) in [4.78, 5) is 26.9. The monoisotopic (exact) mass is 425 g/mol. The van der Waals surface area contributed by atoms with Crippen molar-refractivity contribution < 1.29 is 13.7 Å². The number of piperidine rings is 1. The largest absolute Gasteiger partial charge is 0.361 e. The number of rotatable bonds is 6. The summed E-state index contributed by atoms with van der Waals surface area (Å²) in [7, 11) is 0. The maximum Gasteiger partial charge on any atom is 0.267 e. The van der Waals surface area contributed by atoms with E-state index in [1.807, 2.05) is 0 Å². The predicted molar refractivity (Wildman–Crippen MR) is 113 cm³/mol. The number of aromatic nitrogens is 3. The normalized spacial score (nSPS) is 16.3. The summed E-state index contributed by atoms with van der Waals surface area (Å²) in [6, 6.07) is 9.36. The molecule has 1 fully saturated rings. The Labute approximate surface area is 178 Å². The van der Waals surface area contributed by atoms with E-state index in [1.165, 1.54) is 29.1 Å². The molecule has 1 aliphatic heterocycles. The Bertz CT molecular complexity index is 1130. The van der Waals surface area contributed by atoms with Gasteiger partial charge in [-0.2, -0.15) is 5.10 Å². The van der Waals surface area contributed by atoms with Crippen LogP contribution in [-0.4, -0.2) is 40.0 Å². The second-order valence-electron chi connectivity index (χ2n) is 7.67. The van der Waals surface area contributed by atoms with E-state index < -0.39 is 0 Å². The average molecular weight is 425 g/mol. The Morgan fingerprint density at radius 2 is 2.16 bits per heavy atom. The minimum atomic E-state index is -0.350. The molecule has 0 bridgehead atoms. The number of amides is 1. The molecule has 0 saturated carbocycles. The number of aryl methyl sites for hydroxylation is 1. The summed E-state index contributed by atoms with van der Waals surface area (Å²) in [6.45, 7) is 3.10. The van der Waals surface area contributed by atoms with Crippen LogP contribution < -0.4 is 15.8 Å². The van der Waals surface area contributed by atoms with Crippen molar-refractivity contribution in [3.8, 4) is 0 Å².